The number of carboxylic acid groups (broad SMARTS) is 2. The number of halogens is 1. The fourth-order valence-electron chi connectivity index (χ4n) is 4.21. The third kappa shape index (κ3) is 5.65. The predicted molar refractivity (Wildman–Crippen MR) is 159 cm³/mol. The summed E-state index contributed by atoms with van der Waals surface area (Å²) in [5.41, 5.74) is 8.16. The zero-order valence-corrected chi connectivity index (χ0v) is 25.6. The van der Waals surface area contributed by atoms with Crippen molar-refractivity contribution in [3.05, 3.63) is 57.2 Å². The van der Waals surface area contributed by atoms with Gasteiger partial charge in [0.05, 0.1) is 5.54 Å². The van der Waals surface area contributed by atoms with Crippen LogP contribution >= 0.6 is 39.0 Å². The Kier molecular flexibility index (Phi) is 8.51. The van der Waals surface area contributed by atoms with E-state index >= 15 is 0 Å². The lowest BCUT2D eigenvalue weighted by Crippen LogP contribution is -2.71. The number of amides is 2. The van der Waals surface area contributed by atoms with Gasteiger partial charge in [-0.05, 0) is 37.1 Å². The summed E-state index contributed by atoms with van der Waals surface area (Å²) in [4.78, 5) is 60.7. The van der Waals surface area contributed by atoms with Crippen LogP contribution in [0.25, 0.3) is 0 Å². The zero-order chi connectivity index (χ0) is 32.0. The molecule has 4 rings (SSSR count). The van der Waals surface area contributed by atoms with Crippen molar-refractivity contribution >= 4 is 73.6 Å². The van der Waals surface area contributed by atoms with Gasteiger partial charge in [0, 0.05) is 15.6 Å². The number of nitrogens with one attached hydrogen (secondary N) is 1. The summed E-state index contributed by atoms with van der Waals surface area (Å²) in [6.07, 6.45) is 1.26. The standard InChI is InChI=1S/C25H25BrN6O9S2/c1-4-25(28,9-5-13(33)14(34)6-11(9)26)10-7-42-20-16(19(36)32(20)17(10)21(37)38)30-18(35)15(12-8-43-23(27)29-12)31-41-24(2,3)22(39)40/h4-6,8,16,20,33-34H,1,7,28H2,2-3H3,(H2,27,29)(H,30,35)(H,37,38)(H,39,40)/b31-15-/t16?,20-,25?/m1/s1. The lowest BCUT2D eigenvalue weighted by atomic mass is 9.81. The molecule has 2 aromatic rings. The van der Waals surface area contributed by atoms with E-state index in [1.807, 2.05) is 0 Å². The highest BCUT2D eigenvalue weighted by Crippen LogP contribution is 2.47. The molecule has 2 amide bonds. The molecule has 18 heteroatoms. The first-order chi connectivity index (χ1) is 20.0. The molecule has 0 spiro atoms. The Bertz CT molecular complexity index is 1620. The third-order valence-electron chi connectivity index (χ3n) is 6.65. The maximum absolute atomic E-state index is 13.3. The average molecular weight is 698 g/mol. The van der Waals surface area contributed by atoms with Gasteiger partial charge in [0.25, 0.3) is 11.8 Å². The van der Waals surface area contributed by atoms with E-state index in [1.165, 1.54) is 31.4 Å². The number of nitrogen functional groups attached to an aromatic ring is 1. The van der Waals surface area contributed by atoms with Gasteiger partial charge in [0.2, 0.25) is 5.60 Å². The number of carbonyl (C=O) groups excluding carboxylic acids is 2. The van der Waals surface area contributed by atoms with Crippen LogP contribution in [0.5, 0.6) is 11.5 Å². The Balaban J connectivity index is 1.67. The number of aromatic nitrogens is 1. The first-order valence-electron chi connectivity index (χ1n) is 12.1. The molecular weight excluding hydrogens is 672 g/mol. The van der Waals surface area contributed by atoms with Gasteiger partial charge in [-0.15, -0.1) is 29.7 Å². The van der Waals surface area contributed by atoms with Gasteiger partial charge < -0.3 is 42.0 Å². The largest absolute Gasteiger partial charge is 0.504 e. The van der Waals surface area contributed by atoms with Crippen LogP contribution in [-0.4, -0.2) is 82.5 Å². The smallest absolute Gasteiger partial charge is 0.352 e. The number of benzene rings is 1. The molecule has 228 valence electrons. The van der Waals surface area contributed by atoms with Crippen molar-refractivity contribution < 1.29 is 44.4 Å². The van der Waals surface area contributed by atoms with E-state index in [9.17, 15) is 39.6 Å². The van der Waals surface area contributed by atoms with E-state index in [-0.39, 0.29) is 32.2 Å². The zero-order valence-electron chi connectivity index (χ0n) is 22.4. The number of hydrogen-bond acceptors (Lipinski definition) is 13. The number of phenols is 2. The van der Waals surface area contributed by atoms with Crippen LogP contribution in [0.3, 0.4) is 0 Å². The minimum absolute atomic E-state index is 0.0292. The van der Waals surface area contributed by atoms with E-state index in [1.54, 1.807) is 0 Å². The first kappa shape index (κ1) is 31.8. The van der Waals surface area contributed by atoms with Gasteiger partial charge >= 0.3 is 11.9 Å². The molecule has 2 unspecified atom stereocenters. The Morgan fingerprint density at radius 2 is 1.93 bits per heavy atom. The van der Waals surface area contributed by atoms with Crippen LogP contribution in [0, 0.1) is 0 Å². The molecule has 0 aliphatic carbocycles. The van der Waals surface area contributed by atoms with E-state index in [0.717, 1.165) is 34.1 Å². The predicted octanol–water partition coefficient (Wildman–Crippen LogP) is 1.26. The number of thioether (sulfide) groups is 1. The Labute approximate surface area is 260 Å². The van der Waals surface area contributed by atoms with Crippen LogP contribution in [0.15, 0.2) is 51.1 Å². The van der Waals surface area contributed by atoms with Crippen molar-refractivity contribution in [3.63, 3.8) is 0 Å². The summed E-state index contributed by atoms with van der Waals surface area (Å²) in [7, 11) is 0. The molecule has 3 atom stereocenters. The number of aromatic hydroxyl groups is 2. The molecule has 0 bridgehead atoms. The van der Waals surface area contributed by atoms with E-state index in [4.69, 9.17) is 16.3 Å². The highest BCUT2D eigenvalue weighted by Gasteiger charge is 2.56. The van der Waals surface area contributed by atoms with E-state index < -0.39 is 69.2 Å². The molecular formula is C25H25BrN6O9S2. The number of carbonyl (C=O) groups is 4. The van der Waals surface area contributed by atoms with Gasteiger partial charge in [-0.1, -0.05) is 27.2 Å². The molecule has 1 aromatic carbocycles. The minimum atomic E-state index is -1.81. The van der Waals surface area contributed by atoms with Crippen LogP contribution in [0.4, 0.5) is 5.13 Å². The van der Waals surface area contributed by atoms with Crippen molar-refractivity contribution in [2.24, 2.45) is 10.9 Å². The van der Waals surface area contributed by atoms with Crippen molar-refractivity contribution in [2.75, 3.05) is 11.5 Å². The first-order valence-corrected chi connectivity index (χ1v) is 14.8. The summed E-state index contributed by atoms with van der Waals surface area (Å²) in [5.74, 6) is -5.53. The highest BCUT2D eigenvalue weighted by molar-refractivity contribution is 9.10. The molecule has 15 nitrogen and oxygen atoms in total. The third-order valence-corrected chi connectivity index (χ3v) is 9.26. The molecule has 0 radical (unpaired) electrons. The number of carboxylic acids is 2. The molecule has 2 aliphatic rings. The second-order valence-electron chi connectivity index (χ2n) is 9.80. The number of hydrogen-bond donors (Lipinski definition) is 7. The van der Waals surface area contributed by atoms with Crippen LogP contribution in [0.2, 0.25) is 0 Å². The van der Waals surface area contributed by atoms with Crippen molar-refractivity contribution in [1.82, 2.24) is 15.2 Å². The number of aliphatic carboxylic acids is 2. The highest BCUT2D eigenvalue weighted by atomic mass is 79.9. The van der Waals surface area contributed by atoms with E-state index in [0.29, 0.717) is 0 Å². The van der Waals surface area contributed by atoms with Gasteiger partial charge in [-0.25, -0.2) is 14.6 Å². The summed E-state index contributed by atoms with van der Waals surface area (Å²) in [6.45, 7) is 6.17. The summed E-state index contributed by atoms with van der Waals surface area (Å²) in [5, 5.41) is 46.3. The summed E-state index contributed by atoms with van der Waals surface area (Å²) in [6, 6.07) is 1.14. The minimum Gasteiger partial charge on any atom is -0.504 e. The molecule has 0 saturated carbocycles. The molecule has 2 aliphatic heterocycles. The fourth-order valence-corrected chi connectivity index (χ4v) is 6.86. The SMILES string of the molecule is C=CC(N)(C1=C(C(=O)O)N2C(=O)C(NC(=O)/C(=N\OC(C)(C)C(=O)O)c3csc(N)n3)[C@H]2SC1)c1cc(O)c(O)cc1Br. The van der Waals surface area contributed by atoms with Crippen LogP contribution in [-0.2, 0) is 29.6 Å². The second-order valence-corrected chi connectivity index (χ2v) is 12.7. The van der Waals surface area contributed by atoms with Gasteiger partial charge in [-0.2, -0.15) is 0 Å². The fraction of sp³-hybridized carbons (Fsp3) is 0.280. The lowest BCUT2D eigenvalue weighted by Gasteiger charge is -2.51. The Hall–Kier alpha value is -4.13. The maximum atomic E-state index is 13.3. The summed E-state index contributed by atoms with van der Waals surface area (Å²) < 4.78 is 0.248. The normalized spacial score (nSPS) is 20.0. The molecule has 1 aromatic heterocycles. The number of nitrogens with two attached hydrogens (primary N) is 2. The van der Waals surface area contributed by atoms with E-state index in [2.05, 4.69) is 38.0 Å². The van der Waals surface area contributed by atoms with Crippen LogP contribution in [0.1, 0.15) is 25.1 Å². The Morgan fingerprint density at radius 3 is 2.49 bits per heavy atom. The van der Waals surface area contributed by atoms with Crippen molar-refractivity contribution in [1.29, 1.82) is 0 Å². The quantitative estimate of drug-likeness (QED) is 0.0608. The number of phenolic OH excluding ortho intramolecular Hbond substituents is 2. The number of β-lactam (4-membered cyclic amide) rings is 1. The van der Waals surface area contributed by atoms with Gasteiger partial charge in [0.1, 0.15) is 22.8 Å². The molecule has 1 saturated heterocycles. The number of fused-ring (bicyclic) bond motifs is 1. The number of rotatable bonds is 10. The molecule has 9 N–H and O–H groups in total. The second kappa shape index (κ2) is 11.5. The Morgan fingerprint density at radius 1 is 1.28 bits per heavy atom. The van der Waals surface area contributed by atoms with Crippen LogP contribution < -0.4 is 16.8 Å². The van der Waals surface area contributed by atoms with Gasteiger partial charge in [-0.3, -0.25) is 14.5 Å². The topological polar surface area (TPSA) is 251 Å². The molecule has 1 fully saturated rings. The molecule has 3 heterocycles. The lowest BCUT2D eigenvalue weighted by molar-refractivity contribution is -0.161. The molecule has 43 heavy (non-hydrogen) atoms. The number of oxime groups is 1. The number of thiazole rings is 1. The van der Waals surface area contributed by atoms with Crippen molar-refractivity contribution in [2.45, 2.75) is 36.4 Å². The van der Waals surface area contributed by atoms with Crippen molar-refractivity contribution in [3.8, 4) is 11.5 Å². The average Bonchev–Trinajstić information content (AvgIpc) is 3.37. The number of nitrogens with zero attached hydrogens (tertiary/aromatic N) is 3. The number of anilines is 1. The monoisotopic (exact) mass is 696 g/mol. The van der Waals surface area contributed by atoms with Gasteiger partial charge in [0.15, 0.2) is 22.3 Å². The summed E-state index contributed by atoms with van der Waals surface area (Å²) >= 11 is 5.37. The maximum Gasteiger partial charge on any atom is 0.352 e.